The highest BCUT2D eigenvalue weighted by Gasteiger charge is 2.30. The van der Waals surface area contributed by atoms with E-state index in [1.807, 2.05) is 0 Å². The summed E-state index contributed by atoms with van der Waals surface area (Å²) < 4.78 is 40.4. The van der Waals surface area contributed by atoms with Gasteiger partial charge in [0.2, 0.25) is 0 Å². The first-order valence-electron chi connectivity index (χ1n) is 8.49. The number of hydrogen-bond acceptors (Lipinski definition) is 4. The predicted octanol–water partition coefficient (Wildman–Crippen LogP) is 4.27. The van der Waals surface area contributed by atoms with E-state index < -0.39 is 17.6 Å². The zero-order chi connectivity index (χ0) is 20.6. The lowest BCUT2D eigenvalue weighted by atomic mass is 10.1. The Morgan fingerprint density at radius 1 is 1.03 bits per heavy atom. The fourth-order valence-corrected chi connectivity index (χ4v) is 2.95. The minimum atomic E-state index is -4.52. The van der Waals surface area contributed by atoms with Crippen molar-refractivity contribution in [1.82, 2.24) is 14.5 Å². The average molecular weight is 397 g/mol. The first-order chi connectivity index (χ1) is 13.8. The highest BCUT2D eigenvalue weighted by atomic mass is 19.4. The van der Waals surface area contributed by atoms with Gasteiger partial charge in [-0.05, 0) is 42.5 Å². The Morgan fingerprint density at radius 2 is 1.83 bits per heavy atom. The molecule has 4 aromatic rings. The highest BCUT2D eigenvalue weighted by molar-refractivity contribution is 6.04. The summed E-state index contributed by atoms with van der Waals surface area (Å²) in [6, 6.07) is 12.9. The molecule has 0 bridgehead atoms. The third-order valence-electron chi connectivity index (χ3n) is 4.35. The van der Waals surface area contributed by atoms with Crippen LogP contribution in [0, 0.1) is 0 Å². The van der Waals surface area contributed by atoms with Crippen LogP contribution in [0.15, 0.2) is 67.1 Å². The van der Waals surface area contributed by atoms with Crippen LogP contribution in [0.1, 0.15) is 15.9 Å². The standard InChI is InChI=1S/C20H14F3N5O/c21-20(22,23)13-4-1-3-12(9-13)19(29)27-14-5-2-6-15(10-14)28-8-7-16-17(24)25-11-26-18(16)28/h1-11H,(H,27,29)(H2,24,25,26). The Hall–Kier alpha value is -3.88. The molecule has 0 saturated carbocycles. The van der Waals surface area contributed by atoms with E-state index in [2.05, 4.69) is 15.3 Å². The van der Waals surface area contributed by atoms with Crippen molar-refractivity contribution < 1.29 is 18.0 Å². The summed E-state index contributed by atoms with van der Waals surface area (Å²) in [5.41, 5.74) is 6.60. The van der Waals surface area contributed by atoms with E-state index >= 15 is 0 Å². The lowest BCUT2D eigenvalue weighted by molar-refractivity contribution is -0.137. The topological polar surface area (TPSA) is 85.8 Å². The van der Waals surface area contributed by atoms with Crippen LogP contribution in [0.5, 0.6) is 0 Å². The molecular weight excluding hydrogens is 383 g/mol. The second kappa shape index (κ2) is 6.93. The Kier molecular flexibility index (Phi) is 4.42. The quantitative estimate of drug-likeness (QED) is 0.541. The van der Waals surface area contributed by atoms with E-state index in [0.717, 1.165) is 12.1 Å². The number of alkyl halides is 3. The molecule has 4 rings (SSSR count). The summed E-state index contributed by atoms with van der Waals surface area (Å²) in [4.78, 5) is 20.6. The van der Waals surface area contributed by atoms with Crippen LogP contribution < -0.4 is 11.1 Å². The second-order valence-corrected chi connectivity index (χ2v) is 6.26. The van der Waals surface area contributed by atoms with Gasteiger partial charge < -0.3 is 15.6 Å². The Morgan fingerprint density at radius 3 is 2.62 bits per heavy atom. The van der Waals surface area contributed by atoms with Crippen LogP contribution in [0.3, 0.4) is 0 Å². The van der Waals surface area contributed by atoms with Crippen LogP contribution in [0.25, 0.3) is 16.7 Å². The van der Waals surface area contributed by atoms with Crippen molar-refractivity contribution in [2.75, 3.05) is 11.1 Å². The maximum absolute atomic E-state index is 12.9. The van der Waals surface area contributed by atoms with Crippen molar-refractivity contribution in [1.29, 1.82) is 0 Å². The molecule has 2 aromatic carbocycles. The van der Waals surface area contributed by atoms with Gasteiger partial charge in [0, 0.05) is 23.1 Å². The Balaban J connectivity index is 1.63. The molecule has 0 unspecified atom stereocenters. The molecule has 0 aliphatic heterocycles. The van der Waals surface area contributed by atoms with Gasteiger partial charge in [-0.2, -0.15) is 13.2 Å². The summed E-state index contributed by atoms with van der Waals surface area (Å²) in [6.45, 7) is 0. The van der Waals surface area contributed by atoms with Crippen LogP contribution in [0.4, 0.5) is 24.7 Å². The van der Waals surface area contributed by atoms with Crippen LogP contribution >= 0.6 is 0 Å². The molecular formula is C20H14F3N5O. The minimum Gasteiger partial charge on any atom is -0.383 e. The molecule has 9 heteroatoms. The normalized spacial score (nSPS) is 11.6. The Bertz CT molecular complexity index is 1220. The molecule has 2 aromatic heterocycles. The molecule has 1 amide bonds. The van der Waals surface area contributed by atoms with Gasteiger partial charge >= 0.3 is 6.18 Å². The summed E-state index contributed by atoms with van der Waals surface area (Å²) in [7, 11) is 0. The van der Waals surface area contributed by atoms with E-state index in [1.54, 1.807) is 41.1 Å². The molecule has 0 aliphatic carbocycles. The van der Waals surface area contributed by atoms with Crippen LogP contribution in [-0.2, 0) is 6.18 Å². The molecule has 0 radical (unpaired) electrons. The number of hydrogen-bond donors (Lipinski definition) is 2. The summed E-state index contributed by atoms with van der Waals surface area (Å²) >= 11 is 0. The molecule has 0 spiro atoms. The molecule has 3 N–H and O–H groups in total. The van der Waals surface area contributed by atoms with Crippen molar-refractivity contribution in [3.05, 3.63) is 78.2 Å². The number of nitrogens with zero attached hydrogens (tertiary/aromatic N) is 3. The van der Waals surface area contributed by atoms with Crippen molar-refractivity contribution in [3.63, 3.8) is 0 Å². The van der Waals surface area contributed by atoms with Gasteiger partial charge in [0.05, 0.1) is 10.9 Å². The molecule has 0 saturated heterocycles. The number of carbonyl (C=O) groups is 1. The maximum atomic E-state index is 12.9. The van der Waals surface area contributed by atoms with Crippen LogP contribution in [-0.4, -0.2) is 20.4 Å². The van der Waals surface area contributed by atoms with Gasteiger partial charge in [0.25, 0.3) is 5.91 Å². The number of nitrogens with one attached hydrogen (secondary N) is 1. The van der Waals surface area contributed by atoms with Crippen molar-refractivity contribution >= 4 is 28.4 Å². The van der Waals surface area contributed by atoms with E-state index in [4.69, 9.17) is 5.73 Å². The first-order valence-corrected chi connectivity index (χ1v) is 8.49. The van der Waals surface area contributed by atoms with Crippen molar-refractivity contribution in [2.45, 2.75) is 6.18 Å². The van der Waals surface area contributed by atoms with Gasteiger partial charge in [-0.3, -0.25) is 4.79 Å². The third-order valence-corrected chi connectivity index (χ3v) is 4.35. The summed E-state index contributed by atoms with van der Waals surface area (Å²) in [6.07, 6.45) is -1.40. The lowest BCUT2D eigenvalue weighted by Crippen LogP contribution is -2.14. The number of benzene rings is 2. The fraction of sp³-hybridized carbons (Fsp3) is 0.0500. The number of halogens is 3. The molecule has 0 aliphatic rings. The molecule has 0 fully saturated rings. The largest absolute Gasteiger partial charge is 0.416 e. The number of nitrogens with two attached hydrogens (primary N) is 1. The van der Waals surface area contributed by atoms with E-state index in [9.17, 15) is 18.0 Å². The number of carbonyl (C=O) groups excluding carboxylic acids is 1. The Labute approximate surface area is 162 Å². The molecule has 29 heavy (non-hydrogen) atoms. The number of aromatic nitrogens is 3. The predicted molar refractivity (Wildman–Crippen MR) is 103 cm³/mol. The number of amides is 1. The number of anilines is 2. The monoisotopic (exact) mass is 397 g/mol. The van der Waals surface area contributed by atoms with Crippen molar-refractivity contribution in [2.24, 2.45) is 0 Å². The lowest BCUT2D eigenvalue weighted by Gasteiger charge is -2.11. The molecule has 146 valence electrons. The van der Waals surface area contributed by atoms with Gasteiger partial charge in [-0.25, -0.2) is 9.97 Å². The maximum Gasteiger partial charge on any atom is 0.416 e. The first kappa shape index (κ1) is 18.5. The van der Waals surface area contributed by atoms with E-state index in [0.29, 0.717) is 28.2 Å². The third kappa shape index (κ3) is 3.62. The average Bonchev–Trinajstić information content (AvgIpc) is 3.13. The molecule has 0 atom stereocenters. The van der Waals surface area contributed by atoms with Gasteiger partial charge in [-0.15, -0.1) is 0 Å². The van der Waals surface area contributed by atoms with Gasteiger partial charge in [-0.1, -0.05) is 12.1 Å². The number of fused-ring (bicyclic) bond motifs is 1. The van der Waals surface area contributed by atoms with E-state index in [-0.39, 0.29) is 5.56 Å². The van der Waals surface area contributed by atoms with Gasteiger partial charge in [0.15, 0.2) is 0 Å². The SMILES string of the molecule is Nc1ncnc2c1ccn2-c1cccc(NC(=O)c2cccc(C(F)(F)F)c2)c1. The highest BCUT2D eigenvalue weighted by Crippen LogP contribution is 2.30. The van der Waals surface area contributed by atoms with Gasteiger partial charge in [0.1, 0.15) is 17.8 Å². The molecule has 6 nitrogen and oxygen atoms in total. The zero-order valence-corrected chi connectivity index (χ0v) is 14.8. The second-order valence-electron chi connectivity index (χ2n) is 6.26. The number of rotatable bonds is 3. The van der Waals surface area contributed by atoms with E-state index in [1.165, 1.54) is 18.5 Å². The smallest absolute Gasteiger partial charge is 0.383 e. The fourth-order valence-electron chi connectivity index (χ4n) is 2.95. The summed E-state index contributed by atoms with van der Waals surface area (Å²) in [5.74, 6) is -0.292. The minimum absolute atomic E-state index is 0.0860. The number of nitrogen functional groups attached to an aromatic ring is 1. The molecule has 2 heterocycles. The summed E-state index contributed by atoms with van der Waals surface area (Å²) in [5, 5.41) is 3.31. The van der Waals surface area contributed by atoms with Crippen LogP contribution in [0.2, 0.25) is 0 Å². The zero-order valence-electron chi connectivity index (χ0n) is 14.8. The van der Waals surface area contributed by atoms with Crippen molar-refractivity contribution in [3.8, 4) is 5.69 Å².